The maximum absolute atomic E-state index is 2.36. The summed E-state index contributed by atoms with van der Waals surface area (Å²) >= 11 is 0. The SMILES string of the molecule is c1ccc(-c2ccc(N(c3ccc(-c4ccc5ccccc5c4)cc3)c3ccc(-c4cc5ccccc5c5c4ccc4ccccc45)cc3)cc2)cc1. The first-order chi connectivity index (χ1) is 26.3. The molecule has 0 amide bonds. The van der Waals surface area contributed by atoms with Crippen LogP contribution >= 0.6 is 0 Å². The first-order valence-corrected chi connectivity index (χ1v) is 18.3. The summed E-state index contributed by atoms with van der Waals surface area (Å²) in [4.78, 5) is 2.36. The number of hydrogen-bond acceptors (Lipinski definition) is 1. The van der Waals surface area contributed by atoms with Gasteiger partial charge in [-0.2, -0.15) is 0 Å². The lowest BCUT2D eigenvalue weighted by Crippen LogP contribution is -2.09. The van der Waals surface area contributed by atoms with E-state index in [0.717, 1.165) is 17.1 Å². The van der Waals surface area contributed by atoms with E-state index in [-0.39, 0.29) is 0 Å². The van der Waals surface area contributed by atoms with Gasteiger partial charge in [0.1, 0.15) is 0 Å². The van der Waals surface area contributed by atoms with E-state index in [1.807, 2.05) is 0 Å². The Labute approximate surface area is 309 Å². The standard InChI is InChI=1S/C52H35N/c1-2-10-36(11-3-1)38-20-27-45(28-21-38)53(46-29-22-39(23-30-46)43-19-18-37-12-4-5-14-42(37)34-43)47-31-24-41(25-32-47)51-35-44-15-7-9-17-49(44)52-48-16-8-6-13-40(48)26-33-50(51)52/h1-35H. The average molecular weight is 674 g/mol. The minimum Gasteiger partial charge on any atom is -0.311 e. The molecule has 1 heteroatoms. The van der Waals surface area contributed by atoms with Crippen molar-refractivity contribution in [1.82, 2.24) is 0 Å². The monoisotopic (exact) mass is 673 g/mol. The molecule has 10 aromatic rings. The maximum Gasteiger partial charge on any atom is 0.0462 e. The van der Waals surface area contributed by atoms with Gasteiger partial charge in [0.25, 0.3) is 0 Å². The highest BCUT2D eigenvalue weighted by Crippen LogP contribution is 2.41. The average Bonchev–Trinajstić information content (AvgIpc) is 3.24. The molecule has 0 spiro atoms. The van der Waals surface area contributed by atoms with Crippen LogP contribution in [0.5, 0.6) is 0 Å². The van der Waals surface area contributed by atoms with Gasteiger partial charge in [0, 0.05) is 17.1 Å². The molecule has 1 nitrogen and oxygen atoms in total. The summed E-state index contributed by atoms with van der Waals surface area (Å²) in [5.74, 6) is 0. The largest absolute Gasteiger partial charge is 0.311 e. The Morgan fingerprint density at radius 2 is 0.698 bits per heavy atom. The van der Waals surface area contributed by atoms with Crippen LogP contribution in [0.3, 0.4) is 0 Å². The molecule has 0 unspecified atom stereocenters. The molecule has 0 fully saturated rings. The molecule has 0 aromatic heterocycles. The van der Waals surface area contributed by atoms with Gasteiger partial charge in [-0.25, -0.2) is 0 Å². The number of fused-ring (bicyclic) bond motifs is 6. The third-order valence-electron chi connectivity index (χ3n) is 10.6. The van der Waals surface area contributed by atoms with Crippen LogP contribution in [-0.2, 0) is 0 Å². The van der Waals surface area contributed by atoms with Gasteiger partial charge in [0.15, 0.2) is 0 Å². The summed E-state index contributed by atoms with van der Waals surface area (Å²) in [6.07, 6.45) is 0. The molecule has 0 atom stereocenters. The van der Waals surface area contributed by atoms with E-state index in [1.165, 1.54) is 76.5 Å². The number of nitrogens with zero attached hydrogens (tertiary/aromatic N) is 1. The van der Waals surface area contributed by atoms with Crippen molar-refractivity contribution in [2.24, 2.45) is 0 Å². The van der Waals surface area contributed by atoms with Crippen molar-refractivity contribution in [2.45, 2.75) is 0 Å². The lowest BCUT2D eigenvalue weighted by atomic mass is 9.90. The molecule has 53 heavy (non-hydrogen) atoms. The molecule has 0 saturated carbocycles. The van der Waals surface area contributed by atoms with Crippen LogP contribution in [0.15, 0.2) is 212 Å². The van der Waals surface area contributed by atoms with E-state index < -0.39 is 0 Å². The predicted octanol–water partition coefficient (Wildman–Crippen LogP) is 14.8. The maximum atomic E-state index is 2.36. The van der Waals surface area contributed by atoms with Crippen molar-refractivity contribution in [3.8, 4) is 33.4 Å². The number of benzene rings is 10. The lowest BCUT2D eigenvalue weighted by Gasteiger charge is -2.26. The number of rotatable bonds is 6. The molecular weight excluding hydrogens is 639 g/mol. The molecule has 0 radical (unpaired) electrons. The van der Waals surface area contributed by atoms with Crippen LogP contribution in [-0.4, -0.2) is 0 Å². The highest BCUT2D eigenvalue weighted by atomic mass is 15.1. The van der Waals surface area contributed by atoms with Gasteiger partial charge in [-0.15, -0.1) is 0 Å². The first-order valence-electron chi connectivity index (χ1n) is 18.3. The normalized spacial score (nSPS) is 11.4. The van der Waals surface area contributed by atoms with E-state index >= 15 is 0 Å². The Bertz CT molecular complexity index is 2890. The fraction of sp³-hybridized carbons (Fsp3) is 0. The van der Waals surface area contributed by atoms with Crippen molar-refractivity contribution in [1.29, 1.82) is 0 Å². The Morgan fingerprint density at radius 3 is 1.36 bits per heavy atom. The molecule has 0 aliphatic rings. The van der Waals surface area contributed by atoms with E-state index in [1.54, 1.807) is 0 Å². The summed E-state index contributed by atoms with van der Waals surface area (Å²) < 4.78 is 0. The summed E-state index contributed by atoms with van der Waals surface area (Å²) in [6.45, 7) is 0. The van der Waals surface area contributed by atoms with Gasteiger partial charge in [-0.3, -0.25) is 0 Å². The lowest BCUT2D eigenvalue weighted by molar-refractivity contribution is 1.28. The molecular formula is C52H35N. The van der Waals surface area contributed by atoms with Crippen LogP contribution in [0.1, 0.15) is 0 Å². The summed E-state index contributed by atoms with van der Waals surface area (Å²) in [6, 6.07) is 77.2. The van der Waals surface area contributed by atoms with Crippen molar-refractivity contribution in [3.05, 3.63) is 212 Å². The zero-order valence-electron chi connectivity index (χ0n) is 29.2. The minimum atomic E-state index is 1.11. The molecule has 0 saturated heterocycles. The van der Waals surface area contributed by atoms with Crippen LogP contribution in [0.4, 0.5) is 17.1 Å². The second kappa shape index (κ2) is 13.0. The Kier molecular flexibility index (Phi) is 7.55. The Hall–Kier alpha value is -6.96. The Morgan fingerprint density at radius 1 is 0.245 bits per heavy atom. The zero-order valence-corrected chi connectivity index (χ0v) is 29.2. The summed E-state index contributed by atoms with van der Waals surface area (Å²) in [5, 5.41) is 10.2. The van der Waals surface area contributed by atoms with Crippen molar-refractivity contribution in [2.75, 3.05) is 4.90 Å². The van der Waals surface area contributed by atoms with Crippen LogP contribution in [0.25, 0.3) is 76.5 Å². The topological polar surface area (TPSA) is 3.24 Å². The van der Waals surface area contributed by atoms with Crippen molar-refractivity contribution >= 4 is 60.2 Å². The fourth-order valence-corrected chi connectivity index (χ4v) is 7.95. The van der Waals surface area contributed by atoms with Crippen LogP contribution < -0.4 is 4.90 Å². The number of anilines is 3. The Balaban J connectivity index is 1.07. The van der Waals surface area contributed by atoms with Crippen molar-refractivity contribution < 1.29 is 0 Å². The molecule has 10 rings (SSSR count). The molecule has 0 heterocycles. The van der Waals surface area contributed by atoms with Crippen LogP contribution in [0, 0.1) is 0 Å². The van der Waals surface area contributed by atoms with Gasteiger partial charge >= 0.3 is 0 Å². The zero-order chi connectivity index (χ0) is 35.1. The third kappa shape index (κ3) is 5.60. The molecule has 0 N–H and O–H groups in total. The van der Waals surface area contributed by atoms with Gasteiger partial charge in [0.05, 0.1) is 0 Å². The number of hydrogen-bond donors (Lipinski definition) is 0. The van der Waals surface area contributed by atoms with Gasteiger partial charge < -0.3 is 4.90 Å². The second-order valence-electron chi connectivity index (χ2n) is 13.8. The second-order valence-corrected chi connectivity index (χ2v) is 13.8. The van der Waals surface area contributed by atoms with Gasteiger partial charge in [0.2, 0.25) is 0 Å². The predicted molar refractivity (Wildman–Crippen MR) is 227 cm³/mol. The van der Waals surface area contributed by atoms with E-state index in [0.29, 0.717) is 0 Å². The highest BCUT2D eigenvalue weighted by Gasteiger charge is 2.16. The van der Waals surface area contributed by atoms with E-state index in [4.69, 9.17) is 0 Å². The molecule has 0 aliphatic heterocycles. The summed E-state index contributed by atoms with van der Waals surface area (Å²) in [5.41, 5.74) is 10.6. The molecule has 248 valence electrons. The summed E-state index contributed by atoms with van der Waals surface area (Å²) in [7, 11) is 0. The highest BCUT2D eigenvalue weighted by molar-refractivity contribution is 6.24. The van der Waals surface area contributed by atoms with E-state index in [2.05, 4.69) is 217 Å². The third-order valence-corrected chi connectivity index (χ3v) is 10.6. The molecule has 0 aliphatic carbocycles. The smallest absolute Gasteiger partial charge is 0.0462 e. The van der Waals surface area contributed by atoms with Gasteiger partial charge in [-0.05, 0) is 125 Å². The van der Waals surface area contributed by atoms with Crippen LogP contribution in [0.2, 0.25) is 0 Å². The molecule has 0 bridgehead atoms. The quantitative estimate of drug-likeness (QED) is 0.159. The fourth-order valence-electron chi connectivity index (χ4n) is 7.95. The van der Waals surface area contributed by atoms with Crippen molar-refractivity contribution in [3.63, 3.8) is 0 Å². The minimum absolute atomic E-state index is 1.11. The first kappa shape index (κ1) is 30.8. The van der Waals surface area contributed by atoms with Gasteiger partial charge in [-0.1, -0.05) is 164 Å². The molecule has 10 aromatic carbocycles. The van der Waals surface area contributed by atoms with E-state index in [9.17, 15) is 0 Å².